The van der Waals surface area contributed by atoms with E-state index < -0.39 is 20.4 Å². The van der Waals surface area contributed by atoms with E-state index in [1.807, 2.05) is 32.1 Å². The fourth-order valence-electron chi connectivity index (χ4n) is 10.3. The van der Waals surface area contributed by atoms with Crippen molar-refractivity contribution in [3.05, 3.63) is 120 Å². The van der Waals surface area contributed by atoms with Crippen LogP contribution in [0.15, 0.2) is 106 Å². The second-order valence-corrected chi connectivity index (χ2v) is 23.3. The Kier molecular flexibility index (Phi) is 13.6. The number of ether oxygens (including phenoxy) is 4. The van der Waals surface area contributed by atoms with Crippen molar-refractivity contribution in [3.8, 4) is 11.8 Å². The molecule has 3 saturated heterocycles. The fraction of sp³-hybridized carbons (Fsp3) is 0.481. The van der Waals surface area contributed by atoms with Gasteiger partial charge in [-0.2, -0.15) is 0 Å². The maximum absolute atomic E-state index is 13.5. The Hall–Kier alpha value is -4.83. The van der Waals surface area contributed by atoms with Gasteiger partial charge in [-0.1, -0.05) is 119 Å². The molecule has 0 spiro atoms. The van der Waals surface area contributed by atoms with Crippen LogP contribution in [0.2, 0.25) is 5.04 Å². The van der Waals surface area contributed by atoms with E-state index in [-0.39, 0.29) is 59.6 Å². The third-order valence-corrected chi connectivity index (χ3v) is 18.3. The van der Waals surface area contributed by atoms with E-state index in [9.17, 15) is 4.79 Å². The van der Waals surface area contributed by atoms with Gasteiger partial charge in [0.1, 0.15) is 36.1 Å². The van der Waals surface area contributed by atoms with Gasteiger partial charge in [0, 0.05) is 43.9 Å². The molecule has 332 valence electrons. The summed E-state index contributed by atoms with van der Waals surface area (Å²) in [6.07, 6.45) is 11.4. The molecule has 6 heterocycles. The Morgan fingerprint density at radius 2 is 1.59 bits per heavy atom. The molecule has 0 radical (unpaired) electrons. The zero-order valence-electron chi connectivity index (χ0n) is 37.8. The average molecular weight is 871 g/mol. The minimum absolute atomic E-state index is 0.131. The molecule has 8 bridgehead atoms. The van der Waals surface area contributed by atoms with Crippen LogP contribution in [0.25, 0.3) is 12.2 Å². The highest BCUT2D eigenvalue weighted by molar-refractivity contribution is 6.99. The normalized spacial score (nSPS) is 30.3. The van der Waals surface area contributed by atoms with Gasteiger partial charge in [-0.25, -0.2) is 14.8 Å². The lowest BCUT2D eigenvalue weighted by Gasteiger charge is -2.47. The lowest BCUT2D eigenvalue weighted by Crippen LogP contribution is -2.68. The smallest absolute Gasteiger partial charge is 0.384 e. The van der Waals surface area contributed by atoms with E-state index in [1.54, 1.807) is 12.5 Å². The van der Waals surface area contributed by atoms with E-state index in [0.717, 1.165) is 23.3 Å². The molecule has 10 atom stereocenters. The highest BCUT2D eigenvalue weighted by Crippen LogP contribution is 2.43. The number of esters is 1. The van der Waals surface area contributed by atoms with Gasteiger partial charge in [-0.05, 0) is 65.7 Å². The molecule has 2 aromatic carbocycles. The lowest BCUT2D eigenvalue weighted by atomic mass is 9.79. The first-order chi connectivity index (χ1) is 30.3. The van der Waals surface area contributed by atoms with E-state index in [4.69, 9.17) is 37.2 Å². The van der Waals surface area contributed by atoms with Crippen LogP contribution >= 0.6 is 0 Å². The number of benzene rings is 2. The summed E-state index contributed by atoms with van der Waals surface area (Å²) in [5.74, 6) is 6.12. The Balaban J connectivity index is 1.12. The molecule has 2 aromatic heterocycles. The molecule has 11 heteroatoms. The summed E-state index contributed by atoms with van der Waals surface area (Å²) in [6, 6.07) is 21.6. The number of hydrogen-bond donors (Lipinski definition) is 0. The van der Waals surface area contributed by atoms with Crippen LogP contribution in [0.3, 0.4) is 0 Å². The maximum Gasteiger partial charge on any atom is 0.384 e. The molecule has 3 fully saturated rings. The molecule has 0 saturated carbocycles. The lowest BCUT2D eigenvalue weighted by molar-refractivity contribution is -0.179. The van der Waals surface area contributed by atoms with Crippen LogP contribution in [0.1, 0.15) is 116 Å². The highest BCUT2D eigenvalue weighted by Gasteiger charge is 2.53. The predicted molar refractivity (Wildman–Crippen MR) is 245 cm³/mol. The van der Waals surface area contributed by atoms with Crippen molar-refractivity contribution in [1.82, 2.24) is 9.97 Å². The fourth-order valence-corrected chi connectivity index (χ4v) is 15.0. The molecular weight excluding hydrogens is 809 g/mol. The van der Waals surface area contributed by atoms with E-state index >= 15 is 0 Å². The van der Waals surface area contributed by atoms with Crippen molar-refractivity contribution in [2.45, 2.75) is 147 Å². The SMILES string of the molecule is C=C1C[C@@H]2C[C@@H]3C[C@H](O[Si](c4ccccc4)(c4ccccc4)C(C)(C)C)C[C@@H](O3)c3coc(n3)/C=C/C[C@H]3O[C@@H](/C(C)=C/c4coc(C)n4)[C@H](C)[C@@H](OC(=O)C#CC[C@@H](C1)O2)[C@H]3C. The zero-order chi connectivity index (χ0) is 44.3. The van der Waals surface area contributed by atoms with Gasteiger partial charge < -0.3 is 32.2 Å². The molecule has 0 N–H and O–H groups in total. The van der Waals surface area contributed by atoms with Gasteiger partial charge in [-0.3, -0.25) is 0 Å². The number of oxazole rings is 2. The summed E-state index contributed by atoms with van der Waals surface area (Å²) >= 11 is 0. The summed E-state index contributed by atoms with van der Waals surface area (Å²) in [6.45, 7) is 19.3. The molecule has 0 unspecified atom stereocenters. The van der Waals surface area contributed by atoms with E-state index in [0.29, 0.717) is 56.0 Å². The van der Waals surface area contributed by atoms with Crippen molar-refractivity contribution < 1.29 is 37.0 Å². The predicted octanol–water partition coefficient (Wildman–Crippen LogP) is 9.50. The Morgan fingerprint density at radius 3 is 2.27 bits per heavy atom. The van der Waals surface area contributed by atoms with Crippen molar-refractivity contribution in [1.29, 1.82) is 0 Å². The first kappa shape index (κ1) is 44.8. The van der Waals surface area contributed by atoms with Crippen LogP contribution in [0, 0.1) is 30.6 Å². The number of aromatic nitrogens is 2. The minimum atomic E-state index is -2.89. The number of carbonyl (C=O) groups is 1. The zero-order valence-corrected chi connectivity index (χ0v) is 38.8. The molecule has 8 rings (SSSR count). The average Bonchev–Trinajstić information content (AvgIpc) is 3.90. The maximum atomic E-state index is 13.5. The molecule has 0 amide bonds. The number of fused-ring (bicyclic) bond motifs is 9. The van der Waals surface area contributed by atoms with Gasteiger partial charge >= 0.3 is 5.97 Å². The van der Waals surface area contributed by atoms with E-state index in [1.165, 1.54) is 10.4 Å². The summed E-state index contributed by atoms with van der Waals surface area (Å²) in [4.78, 5) is 22.9. The summed E-state index contributed by atoms with van der Waals surface area (Å²) < 4.78 is 46.1. The number of rotatable bonds is 6. The second-order valence-electron chi connectivity index (χ2n) is 19.0. The standard InChI is InChI=1S/C52H62N2O8Si/c1-33-25-39-17-15-24-49(55)61-51-35(3)46(60-50(36(51)4)34(2)27-38-31-56-37(5)53-38)22-16-23-48-54-45(32-57-48)47-30-42(29-41(59-47)28-40(26-33)58-39)62-63(52(6,7)8,43-18-11-9-12-19-43)44-20-13-10-14-21-44/h9-14,16,18-21,23,27,31-32,35-36,39-42,46-47,50-51H,1,17,22,25-26,28-30H2,2-8H3/b23-16+,34-27+/t35-,36-,39-,40+,41+,42-,46+,47+,50-,51-/m0/s1. The van der Waals surface area contributed by atoms with Crippen molar-refractivity contribution >= 4 is 36.8 Å². The topological polar surface area (TPSA) is 115 Å². The van der Waals surface area contributed by atoms with Gasteiger partial charge in [0.2, 0.25) is 5.89 Å². The molecule has 10 nitrogen and oxygen atoms in total. The first-order valence-electron chi connectivity index (χ1n) is 22.6. The van der Waals surface area contributed by atoms with Crippen LogP contribution in [-0.2, 0) is 28.2 Å². The molecule has 4 aliphatic heterocycles. The highest BCUT2D eigenvalue weighted by atomic mass is 28.4. The molecule has 4 aliphatic rings. The summed E-state index contributed by atoms with van der Waals surface area (Å²) in [5.41, 5.74) is 3.50. The summed E-state index contributed by atoms with van der Waals surface area (Å²) in [7, 11) is -2.89. The van der Waals surface area contributed by atoms with Gasteiger partial charge in [0.05, 0.1) is 36.6 Å². The van der Waals surface area contributed by atoms with Crippen molar-refractivity contribution in [3.63, 3.8) is 0 Å². The molecule has 4 aromatic rings. The summed E-state index contributed by atoms with van der Waals surface area (Å²) in [5, 5.41) is 2.28. The first-order valence-corrected chi connectivity index (χ1v) is 24.5. The van der Waals surface area contributed by atoms with Gasteiger partial charge in [0.25, 0.3) is 8.32 Å². The largest absolute Gasteiger partial charge is 0.452 e. The quantitative estimate of drug-likeness (QED) is 0.0610. The number of aryl methyl sites for hydroxylation is 1. The molecular formula is C52H62N2O8Si. The Morgan fingerprint density at radius 1 is 0.873 bits per heavy atom. The minimum Gasteiger partial charge on any atom is -0.452 e. The van der Waals surface area contributed by atoms with Crippen LogP contribution in [-0.4, -0.2) is 67.0 Å². The van der Waals surface area contributed by atoms with Crippen molar-refractivity contribution in [2.24, 2.45) is 11.8 Å². The van der Waals surface area contributed by atoms with Crippen LogP contribution < -0.4 is 10.4 Å². The Bertz CT molecular complexity index is 2290. The number of hydrogen-bond acceptors (Lipinski definition) is 10. The monoisotopic (exact) mass is 870 g/mol. The second kappa shape index (κ2) is 19.1. The van der Waals surface area contributed by atoms with Gasteiger partial charge in [0.15, 0.2) is 5.89 Å². The van der Waals surface area contributed by atoms with Gasteiger partial charge in [-0.15, -0.1) is 0 Å². The molecule has 63 heavy (non-hydrogen) atoms. The third-order valence-electron chi connectivity index (χ3n) is 13.2. The molecule has 0 aliphatic carbocycles. The van der Waals surface area contributed by atoms with E-state index in [2.05, 4.69) is 119 Å². The third kappa shape index (κ3) is 10.1. The van der Waals surface area contributed by atoms with Crippen LogP contribution in [0.4, 0.5) is 0 Å². The van der Waals surface area contributed by atoms with Crippen LogP contribution in [0.5, 0.6) is 0 Å². The Labute approximate surface area is 373 Å². The number of nitrogens with zero attached hydrogens (tertiary/aromatic N) is 2. The number of carbonyl (C=O) groups excluding carboxylic acids is 1. The van der Waals surface area contributed by atoms with Crippen molar-refractivity contribution in [2.75, 3.05) is 0 Å².